The van der Waals surface area contributed by atoms with Gasteiger partial charge in [-0.25, -0.2) is 9.18 Å². The summed E-state index contributed by atoms with van der Waals surface area (Å²) in [4.78, 5) is 25.4. The van der Waals surface area contributed by atoms with Gasteiger partial charge in [-0.3, -0.25) is 10.1 Å². The number of nitrogens with one attached hydrogen (secondary N) is 2. The minimum absolute atomic E-state index is 0.321. The maximum absolute atomic E-state index is 14.3. The van der Waals surface area contributed by atoms with Crippen LogP contribution in [0.25, 0.3) is 10.8 Å². The number of hydrogen-bond donors (Lipinski definition) is 4. The van der Waals surface area contributed by atoms with Gasteiger partial charge in [0.05, 0.1) is 17.1 Å². The van der Waals surface area contributed by atoms with Crippen LogP contribution in [0.2, 0.25) is 0 Å². The van der Waals surface area contributed by atoms with Crippen LogP contribution in [-0.4, -0.2) is 17.1 Å². The van der Waals surface area contributed by atoms with Crippen molar-refractivity contribution in [2.45, 2.75) is 32.8 Å². The van der Waals surface area contributed by atoms with E-state index in [0.717, 1.165) is 10.8 Å². The largest absolute Gasteiger partial charge is 0.505 e. The molecule has 0 heterocycles. The summed E-state index contributed by atoms with van der Waals surface area (Å²) in [5.41, 5.74) is 7.18. The van der Waals surface area contributed by atoms with Crippen LogP contribution in [0.15, 0.2) is 97.1 Å². The molecule has 7 nitrogen and oxygen atoms in total. The number of para-hydroxylation sites is 2. The van der Waals surface area contributed by atoms with Gasteiger partial charge in [-0.05, 0) is 60.2 Å². The normalized spacial score (nSPS) is 12.3. The molecule has 0 saturated heterocycles. The summed E-state index contributed by atoms with van der Waals surface area (Å²) in [6.07, 6.45) is 2.57. The highest BCUT2D eigenvalue weighted by Gasteiger charge is 2.34. The molecule has 0 aliphatic heterocycles. The number of benzene rings is 4. The molecule has 40 heavy (non-hydrogen) atoms. The number of rotatable bonds is 9. The van der Waals surface area contributed by atoms with Crippen molar-refractivity contribution in [3.05, 3.63) is 108 Å². The lowest BCUT2D eigenvalue weighted by Gasteiger charge is -2.34. The SMILES string of the molecule is CC(C)(CC/C=C/C(=O)Nc1ccccc1N)[C@@H](OC(=O)Nc1cccc2ccccc12)c1ccc(O)c(F)c1. The molecular formula is C32H32FN3O4. The Hall–Kier alpha value is -4.85. The highest BCUT2D eigenvalue weighted by molar-refractivity contribution is 6.01. The van der Waals surface area contributed by atoms with Crippen LogP contribution in [0, 0.1) is 11.2 Å². The summed E-state index contributed by atoms with van der Waals surface area (Å²) in [5.74, 6) is -1.62. The van der Waals surface area contributed by atoms with Crippen molar-refractivity contribution in [3.8, 4) is 5.75 Å². The first-order valence-electron chi connectivity index (χ1n) is 12.9. The first-order valence-corrected chi connectivity index (χ1v) is 12.9. The Kier molecular flexibility index (Phi) is 8.69. The molecule has 0 bridgehead atoms. The quantitative estimate of drug-likeness (QED) is 0.129. The molecule has 0 fully saturated rings. The molecule has 5 N–H and O–H groups in total. The number of nitrogens with two attached hydrogens (primary N) is 1. The maximum atomic E-state index is 14.3. The molecule has 1 atom stereocenters. The van der Waals surface area contributed by atoms with Crippen molar-refractivity contribution >= 4 is 39.8 Å². The number of allylic oxidation sites excluding steroid dienone is 1. The Labute approximate surface area is 232 Å². The van der Waals surface area contributed by atoms with E-state index in [9.17, 15) is 19.1 Å². The number of carbonyl (C=O) groups is 2. The van der Waals surface area contributed by atoms with E-state index < -0.39 is 29.2 Å². The van der Waals surface area contributed by atoms with Gasteiger partial charge in [0.15, 0.2) is 11.6 Å². The van der Waals surface area contributed by atoms with Crippen LogP contribution in [0.3, 0.4) is 0 Å². The topological polar surface area (TPSA) is 114 Å². The van der Waals surface area contributed by atoms with Crippen LogP contribution < -0.4 is 16.4 Å². The minimum Gasteiger partial charge on any atom is -0.505 e. The molecule has 0 aliphatic carbocycles. The number of amides is 2. The monoisotopic (exact) mass is 541 g/mol. The first-order chi connectivity index (χ1) is 19.1. The molecular weight excluding hydrogens is 509 g/mol. The fourth-order valence-electron chi connectivity index (χ4n) is 4.51. The third-order valence-electron chi connectivity index (χ3n) is 6.68. The minimum atomic E-state index is -0.857. The highest BCUT2D eigenvalue weighted by Crippen LogP contribution is 2.41. The molecule has 0 aromatic heterocycles. The van der Waals surface area contributed by atoms with Crippen molar-refractivity contribution in [1.29, 1.82) is 0 Å². The summed E-state index contributed by atoms with van der Waals surface area (Å²) in [5, 5.41) is 17.1. The number of carbonyl (C=O) groups excluding carboxylic acids is 2. The van der Waals surface area contributed by atoms with Gasteiger partial charge in [-0.1, -0.05) is 74.5 Å². The maximum Gasteiger partial charge on any atom is 0.412 e. The third kappa shape index (κ3) is 6.96. The molecule has 4 aromatic rings. The predicted octanol–water partition coefficient (Wildman–Crippen LogP) is 7.56. The van der Waals surface area contributed by atoms with E-state index in [1.165, 1.54) is 24.3 Å². The number of phenolic OH excluding ortho intramolecular Hbond substituents is 1. The predicted molar refractivity (Wildman–Crippen MR) is 156 cm³/mol. The van der Waals surface area contributed by atoms with E-state index >= 15 is 0 Å². The van der Waals surface area contributed by atoms with Crippen molar-refractivity contribution in [2.75, 3.05) is 16.4 Å². The molecule has 0 spiro atoms. The molecule has 206 valence electrons. The molecule has 0 radical (unpaired) electrons. The van der Waals surface area contributed by atoms with E-state index in [-0.39, 0.29) is 5.91 Å². The van der Waals surface area contributed by atoms with Crippen molar-refractivity contribution in [2.24, 2.45) is 5.41 Å². The molecule has 0 saturated carbocycles. The average molecular weight is 542 g/mol. The lowest BCUT2D eigenvalue weighted by molar-refractivity contribution is -0.111. The zero-order valence-corrected chi connectivity index (χ0v) is 22.4. The molecule has 0 unspecified atom stereocenters. The van der Waals surface area contributed by atoms with Gasteiger partial charge in [0.1, 0.15) is 6.10 Å². The number of fused-ring (bicyclic) bond motifs is 1. The number of halogens is 1. The summed E-state index contributed by atoms with van der Waals surface area (Å²) >= 11 is 0. The number of anilines is 3. The number of hydrogen-bond acceptors (Lipinski definition) is 5. The van der Waals surface area contributed by atoms with E-state index in [1.807, 2.05) is 50.2 Å². The number of nitrogen functional groups attached to an aromatic ring is 1. The number of aromatic hydroxyl groups is 1. The molecule has 8 heteroatoms. The Balaban J connectivity index is 1.48. The Morgan fingerprint density at radius 2 is 1.68 bits per heavy atom. The van der Waals surface area contributed by atoms with Gasteiger partial charge in [-0.15, -0.1) is 0 Å². The second-order valence-corrected chi connectivity index (χ2v) is 10.2. The zero-order chi connectivity index (χ0) is 28.7. The van der Waals surface area contributed by atoms with Gasteiger partial charge in [0.2, 0.25) is 5.91 Å². The Morgan fingerprint density at radius 1 is 0.975 bits per heavy atom. The van der Waals surface area contributed by atoms with Crippen LogP contribution in [0.1, 0.15) is 38.4 Å². The lowest BCUT2D eigenvalue weighted by atomic mass is 9.78. The highest BCUT2D eigenvalue weighted by atomic mass is 19.1. The zero-order valence-electron chi connectivity index (χ0n) is 22.4. The smallest absolute Gasteiger partial charge is 0.412 e. The van der Waals surface area contributed by atoms with E-state index in [4.69, 9.17) is 10.5 Å². The molecule has 4 rings (SSSR count). The van der Waals surface area contributed by atoms with Gasteiger partial charge in [-0.2, -0.15) is 0 Å². The molecule has 0 aliphatic rings. The molecule has 4 aromatic carbocycles. The summed E-state index contributed by atoms with van der Waals surface area (Å²) in [7, 11) is 0. The van der Waals surface area contributed by atoms with Crippen LogP contribution in [-0.2, 0) is 9.53 Å². The van der Waals surface area contributed by atoms with E-state index in [1.54, 1.807) is 36.4 Å². The van der Waals surface area contributed by atoms with E-state index in [0.29, 0.717) is 35.5 Å². The standard InChI is InChI=1S/C32H32FN3O4/c1-32(2,19-8-7-16-29(38)35-27-14-6-5-13-25(27)34)30(22-17-18-28(37)24(33)20-22)40-31(39)36-26-15-9-11-21-10-3-4-12-23(21)26/h3-7,9-18,20,30,37H,8,19,34H2,1-2H3,(H,35,38)(H,36,39)/b16-7+/t30-/m0/s1. The summed E-state index contributed by atoms with van der Waals surface area (Å²) in [6.45, 7) is 3.79. The van der Waals surface area contributed by atoms with Gasteiger partial charge < -0.3 is 20.9 Å². The number of phenols is 1. The Bertz CT molecular complexity index is 1550. The first kappa shape index (κ1) is 28.2. The van der Waals surface area contributed by atoms with Gasteiger partial charge >= 0.3 is 6.09 Å². The second-order valence-electron chi connectivity index (χ2n) is 10.2. The summed E-state index contributed by atoms with van der Waals surface area (Å²) in [6, 6.07) is 24.1. The van der Waals surface area contributed by atoms with Gasteiger partial charge in [0, 0.05) is 10.8 Å². The summed E-state index contributed by atoms with van der Waals surface area (Å²) < 4.78 is 20.2. The fraction of sp³-hybridized carbons (Fsp3) is 0.188. The van der Waals surface area contributed by atoms with Crippen molar-refractivity contribution in [1.82, 2.24) is 0 Å². The Morgan fingerprint density at radius 3 is 2.45 bits per heavy atom. The van der Waals surface area contributed by atoms with Crippen LogP contribution >= 0.6 is 0 Å². The second kappa shape index (κ2) is 12.3. The fourth-order valence-corrected chi connectivity index (χ4v) is 4.51. The van der Waals surface area contributed by atoms with Gasteiger partial charge in [0.25, 0.3) is 0 Å². The number of ether oxygens (including phenoxy) is 1. The molecule has 2 amide bonds. The van der Waals surface area contributed by atoms with E-state index in [2.05, 4.69) is 10.6 Å². The lowest BCUT2D eigenvalue weighted by Crippen LogP contribution is -2.29. The average Bonchev–Trinajstić information content (AvgIpc) is 2.93. The van der Waals surface area contributed by atoms with Crippen LogP contribution in [0.4, 0.5) is 26.2 Å². The van der Waals surface area contributed by atoms with Crippen molar-refractivity contribution < 1.29 is 23.8 Å². The van der Waals surface area contributed by atoms with Crippen molar-refractivity contribution in [3.63, 3.8) is 0 Å². The van der Waals surface area contributed by atoms with Crippen LogP contribution in [0.5, 0.6) is 5.75 Å². The third-order valence-corrected chi connectivity index (χ3v) is 6.68.